The molecule has 410 valence electrons. The molecule has 0 rings (SSSR count). The highest BCUT2D eigenvalue weighted by molar-refractivity contribution is 5.08. The first kappa shape index (κ1) is 68.0. The van der Waals surface area contributed by atoms with E-state index in [9.17, 15) is 0 Å². The molecule has 0 nitrogen and oxygen atoms in total. The predicted octanol–water partition coefficient (Wildman–Crippen LogP) is 26.3. The van der Waals surface area contributed by atoms with Crippen LogP contribution in [0, 0.1) is 16.2 Å². The van der Waals surface area contributed by atoms with Gasteiger partial charge in [-0.1, -0.05) is 370 Å². The average molecular weight is 956 g/mol. The molecule has 0 aliphatic carbocycles. The molecule has 3 unspecified atom stereocenters. The molecule has 0 saturated carbocycles. The maximum Gasteiger partial charge on any atom is -0.0184 e. The summed E-state index contributed by atoms with van der Waals surface area (Å²) in [5, 5.41) is 0. The molecule has 0 radical (unpaired) electrons. The van der Waals surface area contributed by atoms with Crippen LogP contribution < -0.4 is 0 Å². The van der Waals surface area contributed by atoms with E-state index in [2.05, 4.69) is 55.4 Å². The van der Waals surface area contributed by atoms with E-state index in [-0.39, 0.29) is 0 Å². The number of hydrogen-bond donors (Lipinski definition) is 0. The Bertz CT molecular complexity index is 934. The van der Waals surface area contributed by atoms with Gasteiger partial charge in [0.2, 0.25) is 0 Å². The Morgan fingerprint density at radius 3 is 0.441 bits per heavy atom. The third-order valence-electron chi connectivity index (χ3n) is 18.2. The van der Waals surface area contributed by atoms with Crippen molar-refractivity contribution < 1.29 is 0 Å². The van der Waals surface area contributed by atoms with Gasteiger partial charge >= 0.3 is 0 Å². The van der Waals surface area contributed by atoms with E-state index in [1.54, 1.807) is 51.4 Å². The third-order valence-corrected chi connectivity index (χ3v) is 18.2. The molecule has 0 spiro atoms. The molecule has 68 heavy (non-hydrogen) atoms. The lowest BCUT2D eigenvalue weighted by Gasteiger charge is -2.64. The largest absolute Gasteiger partial charge is 0.0654 e. The van der Waals surface area contributed by atoms with Gasteiger partial charge in [-0.05, 0) is 67.6 Å². The first-order chi connectivity index (χ1) is 33.5. The van der Waals surface area contributed by atoms with Crippen LogP contribution in [0.25, 0.3) is 0 Å². The molecule has 0 aliphatic heterocycles. The second kappa shape index (κ2) is 51.9. The van der Waals surface area contributed by atoms with Crippen molar-refractivity contribution >= 4 is 0 Å². The molecule has 0 saturated heterocycles. The summed E-state index contributed by atoms with van der Waals surface area (Å²) in [6, 6.07) is 0. The summed E-state index contributed by atoms with van der Waals surface area (Å²) in [4.78, 5) is 0. The maximum atomic E-state index is 2.51. The molecule has 0 aromatic carbocycles. The fourth-order valence-electron chi connectivity index (χ4n) is 14.0. The fourth-order valence-corrected chi connectivity index (χ4v) is 14.0. The van der Waals surface area contributed by atoms with Crippen LogP contribution in [0.3, 0.4) is 0 Å². The summed E-state index contributed by atoms with van der Waals surface area (Å²) in [7, 11) is 0. The van der Waals surface area contributed by atoms with Gasteiger partial charge in [-0.2, -0.15) is 0 Å². The fraction of sp³-hybridized carbons (Fsp3) is 1.00. The normalized spacial score (nSPS) is 14.6. The van der Waals surface area contributed by atoms with Crippen molar-refractivity contribution in [3.8, 4) is 0 Å². The Morgan fingerprint density at radius 2 is 0.250 bits per heavy atom. The molecular formula is C68H138. The molecule has 3 atom stereocenters. The minimum atomic E-state index is 0.489. The van der Waals surface area contributed by atoms with E-state index < -0.39 is 0 Å². The summed E-state index contributed by atoms with van der Waals surface area (Å²) in [5.41, 5.74) is 1.50. The van der Waals surface area contributed by atoms with Crippen LogP contribution in [0.15, 0.2) is 0 Å². The van der Waals surface area contributed by atoms with Crippen LogP contribution in [0.1, 0.15) is 421 Å². The molecule has 0 aliphatic rings. The number of unbranched alkanes of at least 4 members (excludes halogenated alkanes) is 41. The molecule has 0 fully saturated rings. The second-order valence-electron chi connectivity index (χ2n) is 24.1. The van der Waals surface area contributed by atoms with Crippen LogP contribution in [-0.2, 0) is 0 Å². The van der Waals surface area contributed by atoms with Crippen LogP contribution in [0.2, 0.25) is 0 Å². The van der Waals surface area contributed by atoms with Crippen LogP contribution >= 0.6 is 0 Å². The van der Waals surface area contributed by atoms with Crippen molar-refractivity contribution in [1.29, 1.82) is 0 Å². The van der Waals surface area contributed by atoms with Gasteiger partial charge in [0.1, 0.15) is 0 Å². The zero-order chi connectivity index (χ0) is 49.8. The zero-order valence-electron chi connectivity index (χ0n) is 49.8. The zero-order valence-corrected chi connectivity index (χ0v) is 49.8. The van der Waals surface area contributed by atoms with Crippen LogP contribution in [0.4, 0.5) is 0 Å². The smallest absolute Gasteiger partial charge is 0.0184 e. The van der Waals surface area contributed by atoms with Crippen molar-refractivity contribution in [2.75, 3.05) is 0 Å². The molecule has 0 amide bonds. The summed E-state index contributed by atoms with van der Waals surface area (Å²) in [6.45, 7) is 19.4. The van der Waals surface area contributed by atoms with Crippen molar-refractivity contribution in [3.63, 3.8) is 0 Å². The third kappa shape index (κ3) is 33.7. The van der Waals surface area contributed by atoms with E-state index in [1.807, 2.05) is 0 Å². The highest BCUT2D eigenvalue weighted by atomic mass is 14.6. The van der Waals surface area contributed by atoms with Crippen LogP contribution in [0.5, 0.6) is 0 Å². The molecule has 0 bridgehead atoms. The van der Waals surface area contributed by atoms with Crippen molar-refractivity contribution in [1.82, 2.24) is 0 Å². The van der Waals surface area contributed by atoms with Crippen molar-refractivity contribution in [2.45, 2.75) is 421 Å². The summed E-state index contributed by atoms with van der Waals surface area (Å²) < 4.78 is 0. The maximum absolute atomic E-state index is 2.51. The molecule has 0 heteroatoms. The number of hydrogen-bond acceptors (Lipinski definition) is 0. The Hall–Kier alpha value is 0. The van der Waals surface area contributed by atoms with Gasteiger partial charge in [0.15, 0.2) is 0 Å². The van der Waals surface area contributed by atoms with Gasteiger partial charge in [-0.15, -0.1) is 0 Å². The standard InChI is InChI=1S/C68H138/c1-9-17-25-32-37-39-43-48-55-63-67(61-53-46-41-35-28-20-12-4,62-54-47-42-38-33-26-18-10-2)68(64-56-44-30-22-14-6,65-57-49-36-29-21-13-5)66(58-50-24-16-8,59-51-31-23-15-7)60-52-45-40-34-27-19-11-3/h9-65H2,1-8H3. The lowest BCUT2D eigenvalue weighted by molar-refractivity contribution is -0.140. The van der Waals surface area contributed by atoms with Crippen molar-refractivity contribution in [2.24, 2.45) is 16.2 Å². The lowest BCUT2D eigenvalue weighted by Crippen LogP contribution is -2.54. The molecule has 0 aromatic heterocycles. The van der Waals surface area contributed by atoms with E-state index >= 15 is 0 Å². The summed E-state index contributed by atoms with van der Waals surface area (Å²) in [6.07, 6.45) is 84.3. The SMILES string of the molecule is CCCCCCCCCCCC(CCCCCCCCC)(CCCCCCCCCC)C(CCCCCCC)(CCCCCCCC)C(CCCCC)(CCCCCC)CCCCCCCCC. The lowest BCUT2D eigenvalue weighted by atomic mass is 9.41. The monoisotopic (exact) mass is 955 g/mol. The average Bonchev–Trinajstić information content (AvgIpc) is 3.35. The van der Waals surface area contributed by atoms with Gasteiger partial charge in [-0.3, -0.25) is 0 Å². The molecule has 0 heterocycles. The van der Waals surface area contributed by atoms with Gasteiger partial charge in [-0.25, -0.2) is 0 Å². The molecule has 0 N–H and O–H groups in total. The van der Waals surface area contributed by atoms with Gasteiger partial charge in [0.05, 0.1) is 0 Å². The predicted molar refractivity (Wildman–Crippen MR) is 316 cm³/mol. The quantitative estimate of drug-likeness (QED) is 0.0533. The summed E-state index contributed by atoms with van der Waals surface area (Å²) in [5.74, 6) is 0. The Kier molecular flexibility index (Phi) is 51.9. The van der Waals surface area contributed by atoms with E-state index in [4.69, 9.17) is 0 Å². The number of rotatable bonds is 59. The van der Waals surface area contributed by atoms with E-state index in [1.165, 1.54) is 315 Å². The first-order valence-corrected chi connectivity index (χ1v) is 33.5. The van der Waals surface area contributed by atoms with Crippen molar-refractivity contribution in [3.05, 3.63) is 0 Å². The van der Waals surface area contributed by atoms with E-state index in [0.717, 1.165) is 0 Å². The highest BCUT2D eigenvalue weighted by Gasteiger charge is 2.59. The Balaban J connectivity index is 7.96. The minimum absolute atomic E-state index is 0.489. The second-order valence-corrected chi connectivity index (χ2v) is 24.1. The minimum Gasteiger partial charge on any atom is -0.0654 e. The first-order valence-electron chi connectivity index (χ1n) is 33.5. The van der Waals surface area contributed by atoms with E-state index in [0.29, 0.717) is 16.2 Å². The topological polar surface area (TPSA) is 0 Å². The van der Waals surface area contributed by atoms with Gasteiger partial charge in [0, 0.05) is 0 Å². The van der Waals surface area contributed by atoms with Crippen LogP contribution in [-0.4, -0.2) is 0 Å². The highest BCUT2D eigenvalue weighted by Crippen LogP contribution is 2.68. The Labute approximate surface area is 435 Å². The van der Waals surface area contributed by atoms with Gasteiger partial charge < -0.3 is 0 Å². The molecule has 0 aromatic rings. The van der Waals surface area contributed by atoms with Gasteiger partial charge in [0.25, 0.3) is 0 Å². The Morgan fingerprint density at radius 1 is 0.132 bits per heavy atom. The summed E-state index contributed by atoms with van der Waals surface area (Å²) >= 11 is 0. The molecular weight excluding hydrogens is 817 g/mol.